The number of nitrogens with two attached hydrogens (primary N) is 2. The third kappa shape index (κ3) is 4.79. The first-order valence-electron chi connectivity index (χ1n) is 12.8. The molecule has 4 aromatic rings. The van der Waals surface area contributed by atoms with Crippen molar-refractivity contribution in [3.8, 4) is 0 Å². The van der Waals surface area contributed by atoms with Crippen LogP contribution in [0.2, 0.25) is 0 Å². The van der Waals surface area contributed by atoms with Crippen LogP contribution in [-0.4, -0.2) is 41.5 Å². The van der Waals surface area contributed by atoms with Crippen molar-refractivity contribution in [1.29, 1.82) is 0 Å². The van der Waals surface area contributed by atoms with Crippen molar-refractivity contribution in [1.82, 2.24) is 0 Å². The van der Waals surface area contributed by atoms with Gasteiger partial charge >= 0.3 is 23.9 Å². The first-order valence-corrected chi connectivity index (χ1v) is 12.8. The van der Waals surface area contributed by atoms with E-state index in [1.165, 1.54) is 72.8 Å². The van der Waals surface area contributed by atoms with Gasteiger partial charge in [0.05, 0.1) is 45.0 Å². The highest BCUT2D eigenvalue weighted by Gasteiger charge is 2.31. The molecule has 0 unspecified atom stereocenters. The number of esters is 4. The number of ketones is 1. The molecule has 13 nitrogen and oxygen atoms in total. The molecule has 13 heteroatoms. The molecule has 0 saturated heterocycles. The van der Waals surface area contributed by atoms with E-state index in [1.807, 2.05) is 0 Å². The van der Waals surface area contributed by atoms with E-state index in [2.05, 4.69) is 20.1 Å². The van der Waals surface area contributed by atoms with E-state index < -0.39 is 41.5 Å². The molecule has 2 heterocycles. The van der Waals surface area contributed by atoms with E-state index in [9.17, 15) is 33.6 Å². The van der Waals surface area contributed by atoms with E-state index in [1.54, 1.807) is 0 Å². The topological polar surface area (TPSA) is 214 Å². The number of hydrogen-bond donors (Lipinski definition) is 4. The average molecular weight is 591 g/mol. The fourth-order valence-electron chi connectivity index (χ4n) is 4.62. The summed E-state index contributed by atoms with van der Waals surface area (Å²) in [5, 5.41) is 5.19. The van der Waals surface area contributed by atoms with Crippen molar-refractivity contribution in [2.75, 3.05) is 22.1 Å². The second-order valence-electron chi connectivity index (χ2n) is 9.72. The normalized spacial score (nSPS) is 13.1. The number of amides is 2. The number of anilines is 4. The van der Waals surface area contributed by atoms with Crippen LogP contribution in [0.4, 0.5) is 22.7 Å². The molecule has 0 fully saturated rings. The molecule has 6 rings (SSSR count). The fraction of sp³-hybridized carbons (Fsp3) is 0. The lowest BCUT2D eigenvalue weighted by molar-refractivity contribution is 0.0425. The van der Waals surface area contributed by atoms with Crippen molar-refractivity contribution >= 4 is 64.2 Å². The summed E-state index contributed by atoms with van der Waals surface area (Å²) in [4.78, 5) is 86.3. The summed E-state index contributed by atoms with van der Waals surface area (Å²) in [6.07, 6.45) is 0. The zero-order valence-electron chi connectivity index (χ0n) is 22.3. The molecule has 44 heavy (non-hydrogen) atoms. The first kappa shape index (κ1) is 27.5. The van der Waals surface area contributed by atoms with Gasteiger partial charge < -0.3 is 31.6 Å². The van der Waals surface area contributed by atoms with Crippen LogP contribution in [0, 0.1) is 0 Å². The molecule has 0 aromatic heterocycles. The number of rotatable bonds is 6. The zero-order chi connectivity index (χ0) is 31.3. The van der Waals surface area contributed by atoms with Crippen LogP contribution in [0.25, 0.3) is 0 Å². The molecule has 2 amide bonds. The van der Waals surface area contributed by atoms with Gasteiger partial charge in [0.25, 0.3) is 11.8 Å². The van der Waals surface area contributed by atoms with Crippen LogP contribution in [-0.2, 0) is 9.47 Å². The highest BCUT2D eigenvalue weighted by molar-refractivity contribution is 6.18. The maximum absolute atomic E-state index is 13.4. The lowest BCUT2D eigenvalue weighted by atomic mass is 10.0. The third-order valence-corrected chi connectivity index (χ3v) is 6.94. The molecule has 6 N–H and O–H groups in total. The molecular weight excluding hydrogens is 572 g/mol. The van der Waals surface area contributed by atoms with E-state index in [0.717, 1.165) is 0 Å². The Balaban J connectivity index is 1.21. The van der Waals surface area contributed by atoms with Crippen LogP contribution in [0.1, 0.15) is 78.1 Å². The highest BCUT2D eigenvalue weighted by atomic mass is 16.6. The number of carbonyl (C=O) groups is 7. The Labute approximate surface area is 246 Å². The summed E-state index contributed by atoms with van der Waals surface area (Å²) in [5.41, 5.74) is 13.0. The van der Waals surface area contributed by atoms with Crippen LogP contribution < -0.4 is 22.1 Å². The van der Waals surface area contributed by atoms with Gasteiger partial charge in [0.1, 0.15) is 0 Å². The predicted molar refractivity (Wildman–Crippen MR) is 153 cm³/mol. The van der Waals surface area contributed by atoms with E-state index >= 15 is 0 Å². The Hall–Kier alpha value is -6.63. The summed E-state index contributed by atoms with van der Waals surface area (Å²) >= 11 is 0. The number of carbonyl (C=O) groups excluding carboxylic acids is 7. The molecule has 0 aliphatic carbocycles. The molecule has 216 valence electrons. The summed E-state index contributed by atoms with van der Waals surface area (Å²) in [5.74, 6) is -5.13. The number of benzene rings is 4. The molecule has 0 atom stereocenters. The van der Waals surface area contributed by atoms with Gasteiger partial charge in [0.15, 0.2) is 5.78 Å². The van der Waals surface area contributed by atoms with Gasteiger partial charge in [-0.2, -0.15) is 0 Å². The van der Waals surface area contributed by atoms with Gasteiger partial charge in [-0.1, -0.05) is 0 Å². The van der Waals surface area contributed by atoms with Gasteiger partial charge in [-0.3, -0.25) is 14.4 Å². The minimum absolute atomic E-state index is 0.0421. The molecule has 0 saturated carbocycles. The van der Waals surface area contributed by atoms with E-state index in [4.69, 9.17) is 11.5 Å². The number of hydrogen-bond acceptors (Lipinski definition) is 11. The number of nitrogens with one attached hydrogen (secondary N) is 2. The predicted octanol–water partition coefficient (Wildman–Crippen LogP) is 3.21. The SMILES string of the molecule is Nc1ccc(C(=O)c2ccc(N)c(NC(=O)c3ccc4c(c3)C(=O)OC4=O)c2)cc1NC(=O)c1ccc2c(c1)C(=O)OC2=O. The lowest BCUT2D eigenvalue weighted by Crippen LogP contribution is -2.15. The summed E-state index contributed by atoms with van der Waals surface area (Å²) in [6.45, 7) is 0. The average Bonchev–Trinajstić information content (AvgIpc) is 3.46. The second kappa shape index (κ2) is 10.3. The van der Waals surface area contributed by atoms with Crippen LogP contribution >= 0.6 is 0 Å². The summed E-state index contributed by atoms with van der Waals surface area (Å²) in [6, 6.07) is 16.2. The molecule has 4 aromatic carbocycles. The highest BCUT2D eigenvalue weighted by Crippen LogP contribution is 2.28. The minimum atomic E-state index is -0.862. The van der Waals surface area contributed by atoms with Gasteiger partial charge in [0, 0.05) is 22.3 Å². The van der Waals surface area contributed by atoms with Crippen LogP contribution in [0.3, 0.4) is 0 Å². The maximum atomic E-state index is 13.4. The molecular formula is C31H18N4O9. The molecule has 0 radical (unpaired) electrons. The van der Waals surface area contributed by atoms with Crippen molar-refractivity contribution in [3.05, 3.63) is 117 Å². The van der Waals surface area contributed by atoms with Crippen LogP contribution in [0.5, 0.6) is 0 Å². The van der Waals surface area contributed by atoms with Crippen molar-refractivity contribution in [2.24, 2.45) is 0 Å². The number of fused-ring (bicyclic) bond motifs is 2. The fourth-order valence-corrected chi connectivity index (χ4v) is 4.62. The zero-order valence-corrected chi connectivity index (χ0v) is 22.3. The van der Waals surface area contributed by atoms with Crippen molar-refractivity contribution in [2.45, 2.75) is 0 Å². The van der Waals surface area contributed by atoms with E-state index in [0.29, 0.717) is 0 Å². The number of nitrogen functional groups attached to an aromatic ring is 2. The standard InChI is InChI=1S/C31H18N4O9/c32-21-7-3-13(11-23(21)34-26(37)15-1-5-17-19(9-15)30(41)43-28(17)39)25(36)14-4-8-22(33)24(12-14)35-27(38)16-2-6-18-20(10-16)31(42)44-29(18)40/h1-12H,32-33H2,(H,34,37)(H,35,38). The maximum Gasteiger partial charge on any atom is 0.346 e. The Bertz CT molecular complexity index is 1890. The smallest absolute Gasteiger partial charge is 0.346 e. The van der Waals surface area contributed by atoms with Crippen LogP contribution in [0.15, 0.2) is 72.8 Å². The Morgan fingerprint density at radius 1 is 0.477 bits per heavy atom. The lowest BCUT2D eigenvalue weighted by Gasteiger charge is -2.12. The largest absolute Gasteiger partial charge is 0.397 e. The number of ether oxygens (including phenoxy) is 2. The monoisotopic (exact) mass is 590 g/mol. The van der Waals surface area contributed by atoms with Gasteiger partial charge in [-0.25, -0.2) is 19.2 Å². The van der Waals surface area contributed by atoms with Crippen molar-refractivity contribution in [3.63, 3.8) is 0 Å². The molecule has 0 spiro atoms. The minimum Gasteiger partial charge on any atom is -0.397 e. The Morgan fingerprint density at radius 3 is 1.25 bits per heavy atom. The molecule has 2 aliphatic heterocycles. The van der Waals surface area contributed by atoms with E-state index in [-0.39, 0.29) is 67.3 Å². The number of cyclic esters (lactones) is 4. The third-order valence-electron chi connectivity index (χ3n) is 6.94. The quantitative estimate of drug-likeness (QED) is 0.111. The molecule has 2 aliphatic rings. The Morgan fingerprint density at radius 2 is 0.841 bits per heavy atom. The van der Waals surface area contributed by atoms with Gasteiger partial charge in [-0.05, 0) is 72.8 Å². The summed E-state index contributed by atoms with van der Waals surface area (Å²) < 4.78 is 9.09. The first-order chi connectivity index (χ1) is 21.0. The van der Waals surface area contributed by atoms with Crippen molar-refractivity contribution < 1.29 is 43.0 Å². The molecule has 0 bridgehead atoms. The Kier molecular flexibility index (Phi) is 6.46. The summed E-state index contributed by atoms with van der Waals surface area (Å²) in [7, 11) is 0. The van der Waals surface area contributed by atoms with Gasteiger partial charge in [-0.15, -0.1) is 0 Å². The van der Waals surface area contributed by atoms with Gasteiger partial charge in [0.2, 0.25) is 0 Å². The second-order valence-corrected chi connectivity index (χ2v) is 9.72.